The Kier molecular flexibility index (Phi) is 4.85. The Morgan fingerprint density at radius 3 is 2.62 bits per heavy atom. The van der Waals surface area contributed by atoms with E-state index in [0.29, 0.717) is 12.1 Å². The number of pyridine rings is 2. The number of ketones is 1. The first-order valence-corrected chi connectivity index (χ1v) is 7.09. The van der Waals surface area contributed by atoms with Gasteiger partial charge in [-0.2, -0.15) is 0 Å². The minimum absolute atomic E-state index is 0.200. The molecule has 1 atom stereocenters. The van der Waals surface area contributed by atoms with E-state index in [1.807, 2.05) is 6.92 Å². The first-order chi connectivity index (χ1) is 10.0. The van der Waals surface area contributed by atoms with Crippen molar-refractivity contribution < 1.29 is 14.7 Å². The van der Waals surface area contributed by atoms with E-state index >= 15 is 0 Å². The number of Topliss-reactive ketones (excluding diaryl/α,β-unsaturated/α-hetero) is 1. The van der Waals surface area contributed by atoms with Crippen molar-refractivity contribution in [1.29, 1.82) is 0 Å². The molecule has 0 aromatic carbocycles. The number of nitrogens with zero attached hydrogens (tertiary/aromatic N) is 2. The van der Waals surface area contributed by atoms with Gasteiger partial charge in [0.1, 0.15) is 5.15 Å². The summed E-state index contributed by atoms with van der Waals surface area (Å²) in [6.07, 6.45) is 1.73. The zero-order valence-electron chi connectivity index (χ0n) is 11.5. The number of rotatable bonds is 6. The highest BCUT2D eigenvalue weighted by molar-refractivity contribution is 6.29. The van der Waals surface area contributed by atoms with E-state index in [1.54, 1.807) is 24.3 Å². The fraction of sp³-hybridized carbons (Fsp3) is 0.333. The summed E-state index contributed by atoms with van der Waals surface area (Å²) in [6, 6.07) is 6.63. The summed E-state index contributed by atoms with van der Waals surface area (Å²) < 4.78 is 0. The van der Waals surface area contributed by atoms with Crippen molar-refractivity contribution in [3.63, 3.8) is 0 Å². The van der Waals surface area contributed by atoms with Crippen molar-refractivity contribution in [2.45, 2.75) is 32.1 Å². The molecular formula is C15H15ClN2O3. The zero-order chi connectivity index (χ0) is 15.4. The molecular weight excluding hydrogens is 292 g/mol. The number of carbonyl (C=O) groups is 2. The van der Waals surface area contributed by atoms with Crippen molar-refractivity contribution in [2.75, 3.05) is 0 Å². The van der Waals surface area contributed by atoms with Crippen molar-refractivity contribution in [3.8, 4) is 0 Å². The van der Waals surface area contributed by atoms with Crippen LogP contribution in [0.3, 0.4) is 0 Å². The van der Waals surface area contributed by atoms with Gasteiger partial charge in [0.25, 0.3) is 0 Å². The molecule has 0 saturated heterocycles. The fourth-order valence-electron chi connectivity index (χ4n) is 2.08. The third kappa shape index (κ3) is 3.55. The van der Waals surface area contributed by atoms with E-state index in [0.717, 1.165) is 11.8 Å². The molecule has 0 fully saturated rings. The number of aliphatic carboxylic acids is 1. The molecule has 21 heavy (non-hydrogen) atoms. The smallest absolute Gasteiger partial charge is 0.320 e. The average molecular weight is 307 g/mol. The summed E-state index contributed by atoms with van der Waals surface area (Å²) in [4.78, 5) is 31.7. The SMILES string of the molecule is CCCCC(=O)C(C(=O)O)c1ccc2ccc(Cl)nc2n1. The summed E-state index contributed by atoms with van der Waals surface area (Å²) in [5.74, 6) is -2.77. The van der Waals surface area contributed by atoms with Gasteiger partial charge < -0.3 is 5.11 Å². The van der Waals surface area contributed by atoms with Gasteiger partial charge in [0, 0.05) is 11.8 Å². The van der Waals surface area contributed by atoms with Crippen LogP contribution in [0.2, 0.25) is 5.15 Å². The summed E-state index contributed by atoms with van der Waals surface area (Å²) in [7, 11) is 0. The Hall–Kier alpha value is -2.01. The van der Waals surface area contributed by atoms with Gasteiger partial charge in [-0.3, -0.25) is 9.59 Å². The summed E-state index contributed by atoms with van der Waals surface area (Å²) in [6.45, 7) is 1.95. The van der Waals surface area contributed by atoms with Crippen molar-refractivity contribution in [2.24, 2.45) is 0 Å². The molecule has 2 rings (SSSR count). The number of hydrogen-bond donors (Lipinski definition) is 1. The molecule has 110 valence electrons. The molecule has 0 amide bonds. The van der Waals surface area contributed by atoms with Gasteiger partial charge in [-0.25, -0.2) is 9.97 Å². The maximum Gasteiger partial charge on any atom is 0.320 e. The standard InChI is InChI=1S/C15H15ClN2O3/c1-2-3-4-11(19)13(15(20)21)10-7-5-9-6-8-12(16)18-14(9)17-10/h5-8,13H,2-4H2,1H3,(H,20,21). The lowest BCUT2D eigenvalue weighted by Gasteiger charge is -2.11. The summed E-state index contributed by atoms with van der Waals surface area (Å²) in [5, 5.41) is 10.3. The summed E-state index contributed by atoms with van der Waals surface area (Å²) >= 11 is 5.81. The van der Waals surface area contributed by atoms with Crippen LogP contribution in [0.25, 0.3) is 11.0 Å². The second kappa shape index (κ2) is 6.63. The predicted molar refractivity (Wildman–Crippen MR) is 79.5 cm³/mol. The highest BCUT2D eigenvalue weighted by Crippen LogP contribution is 2.21. The zero-order valence-corrected chi connectivity index (χ0v) is 12.3. The van der Waals surface area contributed by atoms with Gasteiger partial charge in [-0.05, 0) is 30.7 Å². The maximum absolute atomic E-state index is 12.1. The van der Waals surface area contributed by atoms with E-state index in [4.69, 9.17) is 11.6 Å². The molecule has 5 nitrogen and oxygen atoms in total. The van der Waals surface area contributed by atoms with Crippen LogP contribution in [0.1, 0.15) is 37.8 Å². The molecule has 1 unspecified atom stereocenters. The Bertz CT molecular complexity index is 688. The highest BCUT2D eigenvalue weighted by Gasteiger charge is 2.29. The van der Waals surface area contributed by atoms with Crippen LogP contribution in [0, 0.1) is 0 Å². The second-order valence-electron chi connectivity index (χ2n) is 4.76. The van der Waals surface area contributed by atoms with Gasteiger partial charge >= 0.3 is 5.97 Å². The van der Waals surface area contributed by atoms with Crippen LogP contribution >= 0.6 is 11.6 Å². The number of unbranched alkanes of at least 4 members (excludes halogenated alkanes) is 1. The molecule has 0 aliphatic heterocycles. The van der Waals surface area contributed by atoms with Gasteiger partial charge in [0.15, 0.2) is 17.3 Å². The van der Waals surface area contributed by atoms with Crippen LogP contribution in [0.4, 0.5) is 0 Å². The van der Waals surface area contributed by atoms with Crippen molar-refractivity contribution >= 4 is 34.4 Å². The van der Waals surface area contributed by atoms with Gasteiger partial charge in [-0.1, -0.05) is 24.9 Å². The first-order valence-electron chi connectivity index (χ1n) is 6.71. The van der Waals surface area contributed by atoms with Gasteiger partial charge in [-0.15, -0.1) is 0 Å². The molecule has 1 N–H and O–H groups in total. The van der Waals surface area contributed by atoms with E-state index in [-0.39, 0.29) is 23.1 Å². The minimum Gasteiger partial charge on any atom is -0.480 e. The number of carbonyl (C=O) groups excluding carboxylic acids is 1. The minimum atomic E-state index is -1.25. The normalized spacial score (nSPS) is 12.3. The first kappa shape index (κ1) is 15.4. The van der Waals surface area contributed by atoms with Crippen molar-refractivity contribution in [1.82, 2.24) is 9.97 Å². The third-order valence-electron chi connectivity index (χ3n) is 3.18. The molecule has 2 aromatic heterocycles. The molecule has 6 heteroatoms. The highest BCUT2D eigenvalue weighted by atomic mass is 35.5. The van der Waals surface area contributed by atoms with E-state index in [1.165, 1.54) is 0 Å². The largest absolute Gasteiger partial charge is 0.480 e. The Morgan fingerprint density at radius 1 is 1.24 bits per heavy atom. The average Bonchev–Trinajstić information content (AvgIpc) is 2.44. The molecule has 2 heterocycles. The number of carboxylic acid groups (broad SMARTS) is 1. The number of hydrogen-bond acceptors (Lipinski definition) is 4. The fourth-order valence-corrected chi connectivity index (χ4v) is 2.22. The molecule has 0 radical (unpaired) electrons. The van der Waals surface area contributed by atoms with E-state index < -0.39 is 11.9 Å². The third-order valence-corrected chi connectivity index (χ3v) is 3.39. The molecule has 2 aromatic rings. The molecule has 0 saturated carbocycles. The number of fused-ring (bicyclic) bond motifs is 1. The number of aromatic nitrogens is 2. The Balaban J connectivity index is 2.40. The van der Waals surface area contributed by atoms with Crippen LogP contribution in [0.5, 0.6) is 0 Å². The number of carboxylic acids is 1. The monoisotopic (exact) mass is 306 g/mol. The Labute approximate surface area is 127 Å². The van der Waals surface area contributed by atoms with Gasteiger partial charge in [0.05, 0.1) is 5.69 Å². The lowest BCUT2D eigenvalue weighted by molar-refractivity contribution is -0.142. The molecule has 0 bridgehead atoms. The van der Waals surface area contributed by atoms with E-state index in [2.05, 4.69) is 9.97 Å². The lowest BCUT2D eigenvalue weighted by atomic mass is 9.95. The molecule has 0 aliphatic carbocycles. The summed E-state index contributed by atoms with van der Waals surface area (Å²) in [5.41, 5.74) is 0.542. The Morgan fingerprint density at radius 2 is 1.95 bits per heavy atom. The van der Waals surface area contributed by atoms with Crippen LogP contribution in [-0.4, -0.2) is 26.8 Å². The molecule has 0 aliphatic rings. The van der Waals surface area contributed by atoms with Crippen molar-refractivity contribution in [3.05, 3.63) is 35.1 Å². The second-order valence-corrected chi connectivity index (χ2v) is 5.15. The topological polar surface area (TPSA) is 80.2 Å². The quantitative estimate of drug-likeness (QED) is 0.654. The predicted octanol–water partition coefficient (Wildman–Crippen LogP) is 3.21. The van der Waals surface area contributed by atoms with Crippen LogP contribution < -0.4 is 0 Å². The van der Waals surface area contributed by atoms with E-state index in [9.17, 15) is 14.7 Å². The molecule has 0 spiro atoms. The lowest BCUT2D eigenvalue weighted by Crippen LogP contribution is -2.22. The van der Waals surface area contributed by atoms with Crippen LogP contribution in [-0.2, 0) is 9.59 Å². The van der Waals surface area contributed by atoms with Gasteiger partial charge in [0.2, 0.25) is 0 Å². The maximum atomic E-state index is 12.1. The number of halogens is 1. The van der Waals surface area contributed by atoms with Crippen LogP contribution in [0.15, 0.2) is 24.3 Å².